The van der Waals surface area contributed by atoms with Crippen LogP contribution in [0.4, 0.5) is 15.9 Å². The molecule has 7 nitrogen and oxygen atoms in total. The predicted molar refractivity (Wildman–Crippen MR) is 139 cm³/mol. The highest BCUT2D eigenvalue weighted by atomic mass is 127. The number of amides is 1. The first-order valence-corrected chi connectivity index (χ1v) is 10.8. The largest absolute Gasteiger partial charge is 0.357 e. The summed E-state index contributed by atoms with van der Waals surface area (Å²) in [6, 6.07) is 8.54. The Kier molecular flexibility index (Phi) is 10.4. The molecule has 1 unspecified atom stereocenters. The van der Waals surface area contributed by atoms with Gasteiger partial charge in [-0.15, -0.1) is 24.0 Å². The van der Waals surface area contributed by atoms with E-state index >= 15 is 0 Å². The standard InChI is InChI=1S/C22H28ClFN6O.HI/c1-3-25-22(27-12-9-20(31)29-19-8-4-6-17(23)15(19)2)28-16-10-13-30(14-16)21-18(24)7-5-11-26-21;/h4-8,11,16H,3,9-10,12-14H2,1-2H3,(H,29,31)(H2,25,27,28);1H. The molecule has 1 aliphatic rings. The highest BCUT2D eigenvalue weighted by Gasteiger charge is 2.25. The molecule has 3 N–H and O–H groups in total. The number of nitrogens with zero attached hydrogens (tertiary/aromatic N) is 3. The number of carbonyl (C=O) groups excluding carboxylic acids is 1. The molecular weight excluding hydrogens is 546 g/mol. The third-order valence-corrected chi connectivity index (χ3v) is 5.47. The van der Waals surface area contributed by atoms with E-state index < -0.39 is 0 Å². The Labute approximate surface area is 210 Å². The van der Waals surface area contributed by atoms with E-state index in [2.05, 4.69) is 25.9 Å². The molecule has 0 aliphatic carbocycles. The van der Waals surface area contributed by atoms with Crippen LogP contribution in [0.25, 0.3) is 0 Å². The smallest absolute Gasteiger partial charge is 0.226 e. The molecule has 1 atom stereocenters. The second kappa shape index (κ2) is 12.8. The molecule has 0 saturated carbocycles. The zero-order valence-corrected chi connectivity index (χ0v) is 21.3. The van der Waals surface area contributed by atoms with Gasteiger partial charge in [-0.25, -0.2) is 9.37 Å². The van der Waals surface area contributed by atoms with Crippen LogP contribution in [0.15, 0.2) is 41.5 Å². The minimum atomic E-state index is -0.315. The van der Waals surface area contributed by atoms with Crippen molar-refractivity contribution in [3.8, 4) is 0 Å². The number of rotatable bonds is 7. The van der Waals surface area contributed by atoms with Crippen molar-refractivity contribution >= 4 is 58.9 Å². The maximum absolute atomic E-state index is 14.0. The van der Waals surface area contributed by atoms with Gasteiger partial charge in [-0.05, 0) is 50.1 Å². The van der Waals surface area contributed by atoms with E-state index in [0.29, 0.717) is 48.7 Å². The fraction of sp³-hybridized carbons (Fsp3) is 0.409. The highest BCUT2D eigenvalue weighted by molar-refractivity contribution is 14.0. The lowest BCUT2D eigenvalue weighted by atomic mass is 10.2. The molecule has 1 aliphatic heterocycles. The Morgan fingerprint density at radius 2 is 2.16 bits per heavy atom. The molecule has 32 heavy (non-hydrogen) atoms. The number of nitrogens with one attached hydrogen (secondary N) is 3. The maximum atomic E-state index is 14.0. The number of aromatic nitrogens is 1. The SMILES string of the molecule is CCNC(=NCCC(=O)Nc1cccc(Cl)c1C)NC1CCN(c2ncccc2F)C1.I. The number of carbonyl (C=O) groups is 1. The van der Waals surface area contributed by atoms with Crippen molar-refractivity contribution in [3.05, 3.63) is 52.9 Å². The van der Waals surface area contributed by atoms with Crippen molar-refractivity contribution < 1.29 is 9.18 Å². The summed E-state index contributed by atoms with van der Waals surface area (Å²) in [6.07, 6.45) is 2.69. The van der Waals surface area contributed by atoms with Crippen LogP contribution < -0.4 is 20.9 Å². The number of hydrogen-bond acceptors (Lipinski definition) is 4. The van der Waals surface area contributed by atoms with Crippen molar-refractivity contribution in [2.45, 2.75) is 32.7 Å². The molecule has 2 heterocycles. The van der Waals surface area contributed by atoms with Gasteiger partial charge < -0.3 is 20.9 Å². The average Bonchev–Trinajstić information content (AvgIpc) is 3.20. The number of hydrogen-bond donors (Lipinski definition) is 3. The summed E-state index contributed by atoms with van der Waals surface area (Å²) >= 11 is 6.10. The third kappa shape index (κ3) is 7.19. The van der Waals surface area contributed by atoms with Crippen molar-refractivity contribution in [2.24, 2.45) is 4.99 Å². The van der Waals surface area contributed by atoms with Gasteiger partial charge in [0.1, 0.15) is 0 Å². The first-order chi connectivity index (χ1) is 15.0. The van der Waals surface area contributed by atoms with Gasteiger partial charge in [0.05, 0.1) is 6.54 Å². The predicted octanol–water partition coefficient (Wildman–Crippen LogP) is 3.96. The van der Waals surface area contributed by atoms with E-state index in [9.17, 15) is 9.18 Å². The van der Waals surface area contributed by atoms with Gasteiger partial charge in [-0.1, -0.05) is 17.7 Å². The van der Waals surface area contributed by atoms with Crippen LogP contribution >= 0.6 is 35.6 Å². The monoisotopic (exact) mass is 574 g/mol. The quantitative estimate of drug-likeness (QED) is 0.265. The second-order valence-corrected chi connectivity index (χ2v) is 7.76. The number of halogens is 3. The number of benzene rings is 1. The first kappa shape index (κ1) is 26.1. The van der Waals surface area contributed by atoms with Crippen molar-refractivity contribution in [3.63, 3.8) is 0 Å². The van der Waals surface area contributed by atoms with Crippen LogP contribution in [-0.2, 0) is 4.79 Å². The molecule has 1 amide bonds. The van der Waals surface area contributed by atoms with Crippen LogP contribution in [0, 0.1) is 12.7 Å². The topological polar surface area (TPSA) is 81.6 Å². The number of guanidine groups is 1. The van der Waals surface area contributed by atoms with Crippen LogP contribution in [0.5, 0.6) is 0 Å². The third-order valence-electron chi connectivity index (χ3n) is 5.06. The Morgan fingerprint density at radius 3 is 2.91 bits per heavy atom. The summed E-state index contributed by atoms with van der Waals surface area (Å²) in [6.45, 7) is 6.23. The minimum absolute atomic E-state index is 0. The zero-order valence-electron chi connectivity index (χ0n) is 18.2. The van der Waals surface area contributed by atoms with E-state index in [1.165, 1.54) is 6.07 Å². The van der Waals surface area contributed by atoms with E-state index in [1.54, 1.807) is 24.4 Å². The fourth-order valence-electron chi connectivity index (χ4n) is 3.42. The Morgan fingerprint density at radius 1 is 1.34 bits per heavy atom. The molecular formula is C22H29ClFIN6O. The number of pyridine rings is 1. The van der Waals surface area contributed by atoms with E-state index in [4.69, 9.17) is 11.6 Å². The van der Waals surface area contributed by atoms with Gasteiger partial charge in [-0.2, -0.15) is 0 Å². The molecule has 1 saturated heterocycles. The van der Waals surface area contributed by atoms with Gasteiger partial charge in [0.2, 0.25) is 5.91 Å². The maximum Gasteiger partial charge on any atom is 0.226 e. The molecule has 0 radical (unpaired) electrons. The normalized spacial score (nSPS) is 15.8. The van der Waals surface area contributed by atoms with Crippen LogP contribution in [-0.4, -0.2) is 49.1 Å². The molecule has 3 rings (SSSR count). The molecule has 0 spiro atoms. The van der Waals surface area contributed by atoms with Gasteiger partial charge in [0, 0.05) is 49.0 Å². The fourth-order valence-corrected chi connectivity index (χ4v) is 3.59. The lowest BCUT2D eigenvalue weighted by molar-refractivity contribution is -0.116. The average molecular weight is 575 g/mol. The minimum Gasteiger partial charge on any atom is -0.357 e. The first-order valence-electron chi connectivity index (χ1n) is 10.4. The Balaban J connectivity index is 0.00000363. The summed E-state index contributed by atoms with van der Waals surface area (Å²) in [4.78, 5) is 22.9. The zero-order chi connectivity index (χ0) is 22.2. The van der Waals surface area contributed by atoms with Crippen LogP contribution in [0.2, 0.25) is 5.02 Å². The number of anilines is 2. The molecule has 1 aromatic carbocycles. The number of aliphatic imine (C=N–C) groups is 1. The van der Waals surface area contributed by atoms with Crippen molar-refractivity contribution in [2.75, 3.05) is 36.4 Å². The van der Waals surface area contributed by atoms with Crippen molar-refractivity contribution in [1.29, 1.82) is 0 Å². The highest BCUT2D eigenvalue weighted by Crippen LogP contribution is 2.23. The van der Waals surface area contributed by atoms with Gasteiger partial charge in [0.25, 0.3) is 0 Å². The van der Waals surface area contributed by atoms with Gasteiger partial charge in [0.15, 0.2) is 17.6 Å². The van der Waals surface area contributed by atoms with Crippen molar-refractivity contribution in [1.82, 2.24) is 15.6 Å². The molecule has 1 aromatic heterocycles. The molecule has 2 aromatic rings. The summed E-state index contributed by atoms with van der Waals surface area (Å²) in [5, 5.41) is 10.1. The summed E-state index contributed by atoms with van der Waals surface area (Å²) in [7, 11) is 0. The molecule has 1 fully saturated rings. The lowest BCUT2D eigenvalue weighted by Gasteiger charge is -2.20. The lowest BCUT2D eigenvalue weighted by Crippen LogP contribution is -2.44. The van der Waals surface area contributed by atoms with E-state index in [0.717, 1.165) is 12.0 Å². The van der Waals surface area contributed by atoms with E-state index in [-0.39, 0.29) is 48.2 Å². The Hall–Kier alpha value is -2.14. The van der Waals surface area contributed by atoms with Gasteiger partial charge >= 0.3 is 0 Å². The van der Waals surface area contributed by atoms with Crippen LogP contribution in [0.1, 0.15) is 25.3 Å². The summed E-state index contributed by atoms with van der Waals surface area (Å²) < 4.78 is 14.0. The summed E-state index contributed by atoms with van der Waals surface area (Å²) in [5.74, 6) is 0.580. The molecule has 10 heteroatoms. The summed E-state index contributed by atoms with van der Waals surface area (Å²) in [5.41, 5.74) is 1.55. The second-order valence-electron chi connectivity index (χ2n) is 7.36. The van der Waals surface area contributed by atoms with E-state index in [1.807, 2.05) is 24.8 Å². The van der Waals surface area contributed by atoms with Crippen LogP contribution in [0.3, 0.4) is 0 Å². The van der Waals surface area contributed by atoms with Gasteiger partial charge in [-0.3, -0.25) is 9.79 Å². The molecule has 174 valence electrons. The Bertz CT molecular complexity index is 944. The molecule has 0 bridgehead atoms.